The van der Waals surface area contributed by atoms with E-state index in [9.17, 15) is 4.79 Å². The Morgan fingerprint density at radius 1 is 1.00 bits per heavy atom. The Balaban J connectivity index is 1.97. The fraction of sp³-hybridized carbons (Fsp3) is 0.381. The van der Waals surface area contributed by atoms with E-state index in [1.54, 1.807) is 13.2 Å². The fourth-order valence-corrected chi connectivity index (χ4v) is 2.84. The molecule has 0 aliphatic carbocycles. The lowest BCUT2D eigenvalue weighted by Crippen LogP contribution is -3.08. The Morgan fingerprint density at radius 2 is 1.70 bits per heavy atom. The first-order valence-corrected chi connectivity index (χ1v) is 9.20. The highest BCUT2D eigenvalue weighted by Gasteiger charge is 2.14. The molecule has 0 aliphatic heterocycles. The second-order valence-corrected chi connectivity index (χ2v) is 6.20. The van der Waals surface area contributed by atoms with Gasteiger partial charge in [0.05, 0.1) is 27.4 Å². The Bertz CT molecular complexity index is 749. The average Bonchev–Trinajstić information content (AvgIpc) is 2.64. The van der Waals surface area contributed by atoms with Gasteiger partial charge in [-0.1, -0.05) is 12.1 Å². The van der Waals surface area contributed by atoms with E-state index in [2.05, 4.69) is 5.32 Å². The molecule has 146 valence electrons. The number of para-hydroxylation sites is 1. The van der Waals surface area contributed by atoms with Crippen molar-refractivity contribution in [3.8, 4) is 17.2 Å². The van der Waals surface area contributed by atoms with Crippen molar-refractivity contribution in [1.29, 1.82) is 0 Å². The number of carbonyl (C=O) groups excluding carboxylic acids is 1. The van der Waals surface area contributed by atoms with Gasteiger partial charge in [0.1, 0.15) is 12.3 Å². The number of rotatable bonds is 10. The Hall–Kier alpha value is -2.73. The van der Waals surface area contributed by atoms with Gasteiger partial charge in [-0.2, -0.15) is 0 Å². The topological polar surface area (TPSA) is 61.2 Å². The van der Waals surface area contributed by atoms with Crippen LogP contribution in [0.4, 0.5) is 5.69 Å². The van der Waals surface area contributed by atoms with E-state index in [0.717, 1.165) is 16.2 Å². The lowest BCUT2D eigenvalue weighted by atomic mass is 10.2. The van der Waals surface area contributed by atoms with Crippen molar-refractivity contribution in [2.24, 2.45) is 0 Å². The van der Waals surface area contributed by atoms with Gasteiger partial charge in [0.15, 0.2) is 18.0 Å². The summed E-state index contributed by atoms with van der Waals surface area (Å²) in [5.74, 6) is 2.09. The van der Waals surface area contributed by atoms with Crippen molar-refractivity contribution >= 4 is 11.6 Å². The molecule has 0 bridgehead atoms. The molecule has 0 aliphatic rings. The van der Waals surface area contributed by atoms with E-state index in [0.29, 0.717) is 43.5 Å². The van der Waals surface area contributed by atoms with Crippen molar-refractivity contribution in [2.75, 3.05) is 39.2 Å². The number of carbonyl (C=O) groups is 1. The summed E-state index contributed by atoms with van der Waals surface area (Å²) in [6, 6.07) is 13.3. The summed E-state index contributed by atoms with van der Waals surface area (Å²) < 4.78 is 16.5. The third-order valence-electron chi connectivity index (χ3n) is 3.97. The van der Waals surface area contributed by atoms with E-state index in [1.165, 1.54) is 0 Å². The van der Waals surface area contributed by atoms with Crippen LogP contribution in [-0.2, 0) is 11.3 Å². The zero-order valence-corrected chi connectivity index (χ0v) is 16.5. The van der Waals surface area contributed by atoms with Gasteiger partial charge in [-0.05, 0) is 38.1 Å². The minimum Gasteiger partial charge on any atom is -0.496 e. The molecule has 0 saturated carbocycles. The van der Waals surface area contributed by atoms with Crippen molar-refractivity contribution in [3.63, 3.8) is 0 Å². The number of benzene rings is 2. The molecule has 0 saturated heterocycles. The summed E-state index contributed by atoms with van der Waals surface area (Å²) in [5.41, 5.74) is 1.77. The number of nitrogens with one attached hydrogen (secondary N) is 2. The predicted octanol–water partition coefficient (Wildman–Crippen LogP) is 2.15. The molecule has 1 atom stereocenters. The summed E-state index contributed by atoms with van der Waals surface area (Å²) in [4.78, 5) is 13.5. The summed E-state index contributed by atoms with van der Waals surface area (Å²) in [5, 5.41) is 2.93. The first-order valence-electron chi connectivity index (χ1n) is 9.20. The minimum absolute atomic E-state index is 0.0611. The molecule has 2 N–H and O–H groups in total. The summed E-state index contributed by atoms with van der Waals surface area (Å²) in [7, 11) is 3.64. The number of amides is 1. The smallest absolute Gasteiger partial charge is 0.279 e. The zero-order chi connectivity index (χ0) is 19.6. The second-order valence-electron chi connectivity index (χ2n) is 6.20. The predicted molar refractivity (Wildman–Crippen MR) is 106 cm³/mol. The maximum Gasteiger partial charge on any atom is 0.279 e. The molecule has 1 amide bonds. The van der Waals surface area contributed by atoms with Gasteiger partial charge in [0, 0.05) is 17.3 Å². The molecule has 0 radical (unpaired) electrons. The van der Waals surface area contributed by atoms with Gasteiger partial charge < -0.3 is 24.4 Å². The monoisotopic (exact) mass is 373 g/mol. The quantitative estimate of drug-likeness (QED) is 0.670. The standard InChI is InChI=1S/C21H28N2O4/c1-5-26-19-12-11-17(13-20(19)27-6-2)22-21(24)15-23(3)14-16-9-7-8-10-18(16)25-4/h7-13H,5-6,14-15H2,1-4H3,(H,22,24)/p+1. The molecule has 0 fully saturated rings. The molecule has 6 nitrogen and oxygen atoms in total. The lowest BCUT2D eigenvalue weighted by molar-refractivity contribution is -0.885. The Kier molecular flexibility index (Phi) is 7.95. The maximum absolute atomic E-state index is 12.4. The molecule has 0 aromatic heterocycles. The zero-order valence-electron chi connectivity index (χ0n) is 16.5. The van der Waals surface area contributed by atoms with Crippen LogP contribution in [0.1, 0.15) is 19.4 Å². The second kappa shape index (κ2) is 10.4. The average molecular weight is 373 g/mol. The van der Waals surface area contributed by atoms with Crippen molar-refractivity contribution < 1.29 is 23.9 Å². The van der Waals surface area contributed by atoms with Gasteiger partial charge >= 0.3 is 0 Å². The van der Waals surface area contributed by atoms with E-state index >= 15 is 0 Å². The largest absolute Gasteiger partial charge is 0.496 e. The third kappa shape index (κ3) is 6.18. The van der Waals surface area contributed by atoms with Gasteiger partial charge in [-0.15, -0.1) is 0 Å². The van der Waals surface area contributed by atoms with Crippen molar-refractivity contribution in [2.45, 2.75) is 20.4 Å². The molecule has 2 rings (SSSR count). The van der Waals surface area contributed by atoms with Crippen LogP contribution < -0.4 is 24.4 Å². The molecule has 1 unspecified atom stereocenters. The number of anilines is 1. The van der Waals surface area contributed by atoms with Crippen LogP contribution in [0.25, 0.3) is 0 Å². The normalized spacial score (nSPS) is 11.6. The SMILES string of the molecule is CCOc1ccc(NC(=O)C[NH+](C)Cc2ccccc2OC)cc1OCC. The van der Waals surface area contributed by atoms with E-state index < -0.39 is 0 Å². The lowest BCUT2D eigenvalue weighted by Gasteiger charge is -2.16. The number of likely N-dealkylation sites (N-methyl/N-ethyl adjacent to an activating group) is 1. The van der Waals surface area contributed by atoms with Crippen LogP contribution in [0.3, 0.4) is 0 Å². The number of ether oxygens (including phenoxy) is 3. The van der Waals surface area contributed by atoms with Crippen LogP contribution >= 0.6 is 0 Å². The number of hydrogen-bond donors (Lipinski definition) is 2. The maximum atomic E-state index is 12.4. The van der Waals surface area contributed by atoms with Crippen molar-refractivity contribution in [1.82, 2.24) is 0 Å². The van der Waals surface area contributed by atoms with Gasteiger partial charge in [-0.3, -0.25) is 4.79 Å². The molecule has 6 heteroatoms. The number of methoxy groups -OCH3 is 1. The number of quaternary nitrogens is 1. The van der Waals surface area contributed by atoms with Gasteiger partial charge in [0.2, 0.25) is 0 Å². The van der Waals surface area contributed by atoms with Crippen LogP contribution in [0.2, 0.25) is 0 Å². The molecule has 0 spiro atoms. The molecular weight excluding hydrogens is 344 g/mol. The summed E-state index contributed by atoms with van der Waals surface area (Å²) in [6.45, 7) is 5.97. The van der Waals surface area contributed by atoms with Crippen LogP contribution in [0, 0.1) is 0 Å². The van der Waals surface area contributed by atoms with E-state index in [-0.39, 0.29) is 5.91 Å². The summed E-state index contributed by atoms with van der Waals surface area (Å²) in [6.07, 6.45) is 0. The Morgan fingerprint density at radius 3 is 2.41 bits per heavy atom. The third-order valence-corrected chi connectivity index (χ3v) is 3.97. The highest BCUT2D eigenvalue weighted by Crippen LogP contribution is 2.30. The molecular formula is C21H29N2O4+. The molecule has 2 aromatic rings. The molecule has 2 aromatic carbocycles. The fourth-order valence-electron chi connectivity index (χ4n) is 2.84. The Labute approximate surface area is 161 Å². The van der Waals surface area contributed by atoms with Gasteiger partial charge in [0.25, 0.3) is 5.91 Å². The highest BCUT2D eigenvalue weighted by molar-refractivity contribution is 5.91. The first-order chi connectivity index (χ1) is 13.1. The molecule has 27 heavy (non-hydrogen) atoms. The first kappa shape index (κ1) is 20.6. The van der Waals surface area contributed by atoms with Gasteiger partial charge in [-0.25, -0.2) is 0 Å². The van der Waals surface area contributed by atoms with Crippen LogP contribution in [0.15, 0.2) is 42.5 Å². The van der Waals surface area contributed by atoms with Crippen LogP contribution in [0.5, 0.6) is 17.2 Å². The van der Waals surface area contributed by atoms with E-state index in [1.807, 2.05) is 57.3 Å². The summed E-state index contributed by atoms with van der Waals surface area (Å²) >= 11 is 0. The van der Waals surface area contributed by atoms with E-state index in [4.69, 9.17) is 14.2 Å². The highest BCUT2D eigenvalue weighted by atomic mass is 16.5. The number of hydrogen-bond acceptors (Lipinski definition) is 4. The van der Waals surface area contributed by atoms with Crippen molar-refractivity contribution in [3.05, 3.63) is 48.0 Å². The van der Waals surface area contributed by atoms with Crippen LogP contribution in [-0.4, -0.2) is 39.8 Å². The minimum atomic E-state index is -0.0611. The molecule has 0 heterocycles.